The van der Waals surface area contributed by atoms with Crippen LogP contribution in [0.3, 0.4) is 0 Å². The summed E-state index contributed by atoms with van der Waals surface area (Å²) in [6.45, 7) is 9.07. The SMILES string of the molecule is CCCCNC(=O)[C@@H](CC)N(Cc1cccc(C)c1)C(=O)CC. The maximum absolute atomic E-state index is 12.5. The molecule has 0 spiro atoms. The molecule has 0 fully saturated rings. The predicted octanol–water partition coefficient (Wildman–Crippen LogP) is 3.43. The fraction of sp³-hybridized carbons (Fsp3) is 0.579. The molecule has 1 aromatic carbocycles. The van der Waals surface area contributed by atoms with E-state index in [2.05, 4.69) is 18.3 Å². The lowest BCUT2D eigenvalue weighted by Crippen LogP contribution is -2.49. The molecule has 4 nitrogen and oxygen atoms in total. The molecule has 0 bridgehead atoms. The predicted molar refractivity (Wildman–Crippen MR) is 94.0 cm³/mol. The summed E-state index contributed by atoms with van der Waals surface area (Å²) >= 11 is 0. The third-order valence-corrected chi connectivity index (χ3v) is 3.95. The zero-order valence-corrected chi connectivity index (χ0v) is 14.9. The van der Waals surface area contributed by atoms with Crippen LogP contribution in [-0.4, -0.2) is 29.3 Å². The smallest absolute Gasteiger partial charge is 0.242 e. The van der Waals surface area contributed by atoms with E-state index in [1.807, 2.05) is 39.0 Å². The Bertz CT molecular complexity index is 514. The van der Waals surface area contributed by atoms with E-state index in [4.69, 9.17) is 0 Å². The highest BCUT2D eigenvalue weighted by atomic mass is 16.2. The number of aryl methyl sites for hydroxylation is 1. The van der Waals surface area contributed by atoms with Gasteiger partial charge in [0.25, 0.3) is 0 Å². The van der Waals surface area contributed by atoms with Crippen molar-refractivity contribution in [3.63, 3.8) is 0 Å². The van der Waals surface area contributed by atoms with Gasteiger partial charge in [-0.3, -0.25) is 9.59 Å². The Labute approximate surface area is 140 Å². The molecule has 0 radical (unpaired) electrons. The van der Waals surface area contributed by atoms with E-state index in [9.17, 15) is 9.59 Å². The first-order valence-electron chi connectivity index (χ1n) is 8.66. The first-order chi connectivity index (χ1) is 11.0. The van der Waals surface area contributed by atoms with Crippen molar-refractivity contribution in [3.05, 3.63) is 35.4 Å². The Morgan fingerprint density at radius 1 is 1.22 bits per heavy atom. The van der Waals surface area contributed by atoms with Crippen LogP contribution in [0.2, 0.25) is 0 Å². The fourth-order valence-corrected chi connectivity index (χ4v) is 2.64. The summed E-state index contributed by atoms with van der Waals surface area (Å²) in [5.74, 6) is -0.0283. The molecule has 1 aromatic rings. The first kappa shape index (κ1) is 19.2. The number of rotatable bonds is 9. The average Bonchev–Trinajstić information content (AvgIpc) is 2.54. The quantitative estimate of drug-likeness (QED) is 0.709. The van der Waals surface area contributed by atoms with Crippen LogP contribution in [0.25, 0.3) is 0 Å². The third-order valence-electron chi connectivity index (χ3n) is 3.95. The Morgan fingerprint density at radius 3 is 2.52 bits per heavy atom. The molecule has 2 amide bonds. The summed E-state index contributed by atoms with van der Waals surface area (Å²) in [7, 11) is 0. The Kier molecular flexibility index (Phi) is 8.38. The van der Waals surface area contributed by atoms with Gasteiger partial charge >= 0.3 is 0 Å². The van der Waals surface area contributed by atoms with E-state index in [1.54, 1.807) is 4.90 Å². The number of nitrogens with one attached hydrogen (secondary N) is 1. The van der Waals surface area contributed by atoms with Crippen LogP contribution in [-0.2, 0) is 16.1 Å². The molecule has 0 saturated heterocycles. The first-order valence-corrected chi connectivity index (χ1v) is 8.66. The van der Waals surface area contributed by atoms with Crippen molar-refractivity contribution in [1.82, 2.24) is 10.2 Å². The summed E-state index contributed by atoms with van der Waals surface area (Å²) in [5, 5.41) is 2.96. The van der Waals surface area contributed by atoms with Crippen molar-refractivity contribution in [3.8, 4) is 0 Å². The second kappa shape index (κ2) is 10.0. The molecule has 0 saturated carbocycles. The minimum absolute atomic E-state index is 0.0176. The molecular formula is C19H30N2O2. The van der Waals surface area contributed by atoms with Crippen molar-refractivity contribution in [2.45, 2.75) is 66.0 Å². The summed E-state index contributed by atoms with van der Waals surface area (Å²) < 4.78 is 0. The number of amides is 2. The van der Waals surface area contributed by atoms with E-state index in [0.717, 1.165) is 24.0 Å². The molecule has 1 atom stereocenters. The highest BCUT2D eigenvalue weighted by molar-refractivity contribution is 5.87. The molecule has 23 heavy (non-hydrogen) atoms. The van der Waals surface area contributed by atoms with Gasteiger partial charge in [-0.1, -0.05) is 57.0 Å². The zero-order valence-electron chi connectivity index (χ0n) is 14.9. The van der Waals surface area contributed by atoms with Crippen molar-refractivity contribution in [1.29, 1.82) is 0 Å². The van der Waals surface area contributed by atoms with Gasteiger partial charge in [0, 0.05) is 19.5 Å². The van der Waals surface area contributed by atoms with Crippen LogP contribution in [0.5, 0.6) is 0 Å². The Balaban J connectivity index is 2.89. The largest absolute Gasteiger partial charge is 0.354 e. The summed E-state index contributed by atoms with van der Waals surface area (Å²) in [6.07, 6.45) is 3.03. The molecule has 4 heteroatoms. The molecule has 0 heterocycles. The third kappa shape index (κ3) is 6.05. The lowest BCUT2D eigenvalue weighted by Gasteiger charge is -2.30. The molecule has 0 unspecified atom stereocenters. The number of unbranched alkanes of at least 4 members (excludes halogenated alkanes) is 1. The minimum atomic E-state index is -0.403. The van der Waals surface area contributed by atoms with Crippen LogP contribution in [0.1, 0.15) is 57.6 Å². The molecular weight excluding hydrogens is 288 g/mol. The molecule has 1 rings (SSSR count). The Hall–Kier alpha value is -1.84. The summed E-state index contributed by atoms with van der Waals surface area (Å²) in [6, 6.07) is 7.69. The maximum Gasteiger partial charge on any atom is 0.242 e. The molecule has 128 valence electrons. The van der Waals surface area contributed by atoms with Gasteiger partial charge in [0.1, 0.15) is 6.04 Å². The molecule has 0 aromatic heterocycles. The van der Waals surface area contributed by atoms with Crippen molar-refractivity contribution in [2.24, 2.45) is 0 Å². The summed E-state index contributed by atoms with van der Waals surface area (Å²) in [5.41, 5.74) is 2.22. The van der Waals surface area contributed by atoms with Gasteiger partial charge in [-0.25, -0.2) is 0 Å². The van der Waals surface area contributed by atoms with Gasteiger partial charge in [0.05, 0.1) is 0 Å². The van der Waals surface area contributed by atoms with Crippen LogP contribution in [0.4, 0.5) is 0 Å². The van der Waals surface area contributed by atoms with Gasteiger partial charge in [-0.05, 0) is 25.3 Å². The van der Waals surface area contributed by atoms with Gasteiger partial charge < -0.3 is 10.2 Å². The summed E-state index contributed by atoms with van der Waals surface area (Å²) in [4.78, 5) is 26.6. The topological polar surface area (TPSA) is 49.4 Å². The number of benzene rings is 1. The molecule has 0 aliphatic carbocycles. The Morgan fingerprint density at radius 2 is 1.96 bits per heavy atom. The van der Waals surface area contributed by atoms with Crippen molar-refractivity contribution >= 4 is 11.8 Å². The van der Waals surface area contributed by atoms with Gasteiger partial charge in [-0.2, -0.15) is 0 Å². The van der Waals surface area contributed by atoms with E-state index in [-0.39, 0.29) is 11.8 Å². The standard InChI is InChI=1S/C19H30N2O2/c1-5-8-12-20-19(23)17(6-2)21(18(22)7-3)14-16-11-9-10-15(4)13-16/h9-11,13,17H,5-8,12,14H2,1-4H3,(H,20,23)/t17-/m1/s1. The highest BCUT2D eigenvalue weighted by Gasteiger charge is 2.27. The van der Waals surface area contributed by atoms with Gasteiger partial charge in [0.15, 0.2) is 0 Å². The number of carbonyl (C=O) groups is 2. The zero-order chi connectivity index (χ0) is 17.2. The molecule has 1 N–H and O–H groups in total. The number of hydrogen-bond acceptors (Lipinski definition) is 2. The second-order valence-electron chi connectivity index (χ2n) is 5.93. The lowest BCUT2D eigenvalue weighted by molar-refractivity contribution is -0.141. The number of hydrogen-bond donors (Lipinski definition) is 1. The average molecular weight is 318 g/mol. The lowest BCUT2D eigenvalue weighted by atomic mass is 10.1. The van der Waals surface area contributed by atoms with Crippen LogP contribution in [0, 0.1) is 6.92 Å². The van der Waals surface area contributed by atoms with E-state index >= 15 is 0 Å². The van der Waals surface area contributed by atoms with Crippen LogP contribution < -0.4 is 5.32 Å². The van der Waals surface area contributed by atoms with E-state index in [1.165, 1.54) is 0 Å². The van der Waals surface area contributed by atoms with E-state index in [0.29, 0.717) is 25.9 Å². The number of nitrogens with zero attached hydrogens (tertiary/aromatic N) is 1. The van der Waals surface area contributed by atoms with Gasteiger partial charge in [-0.15, -0.1) is 0 Å². The molecule has 0 aliphatic heterocycles. The normalized spacial score (nSPS) is 11.8. The molecule has 0 aliphatic rings. The number of carbonyl (C=O) groups excluding carboxylic acids is 2. The maximum atomic E-state index is 12.5. The highest BCUT2D eigenvalue weighted by Crippen LogP contribution is 2.14. The second-order valence-corrected chi connectivity index (χ2v) is 5.93. The minimum Gasteiger partial charge on any atom is -0.354 e. The van der Waals surface area contributed by atoms with Crippen LogP contribution in [0.15, 0.2) is 24.3 Å². The van der Waals surface area contributed by atoms with Crippen molar-refractivity contribution < 1.29 is 9.59 Å². The van der Waals surface area contributed by atoms with Crippen molar-refractivity contribution in [2.75, 3.05) is 6.54 Å². The fourth-order valence-electron chi connectivity index (χ4n) is 2.64. The van der Waals surface area contributed by atoms with Crippen LogP contribution >= 0.6 is 0 Å². The monoisotopic (exact) mass is 318 g/mol. The van der Waals surface area contributed by atoms with Gasteiger partial charge in [0.2, 0.25) is 11.8 Å². The van der Waals surface area contributed by atoms with E-state index < -0.39 is 6.04 Å².